The Morgan fingerprint density at radius 2 is 1.77 bits per heavy atom. The van der Waals surface area contributed by atoms with Crippen LogP contribution in [0.5, 0.6) is 0 Å². The maximum Gasteiger partial charge on any atom is 0.246 e. The third-order valence-corrected chi connectivity index (χ3v) is 9.12. The number of carbonyl (C=O) groups is 4. The molecule has 1 saturated heterocycles. The van der Waals surface area contributed by atoms with Crippen molar-refractivity contribution in [1.29, 1.82) is 0 Å². The quantitative estimate of drug-likeness (QED) is 0.213. The number of piperazine rings is 1. The highest BCUT2D eigenvalue weighted by Gasteiger charge is 2.40. The largest absolute Gasteiger partial charge is 0.335 e. The van der Waals surface area contributed by atoms with Crippen molar-refractivity contribution in [3.8, 4) is 0 Å². The number of amides is 3. The average molecular weight is 643 g/mol. The molecule has 2 aromatic carbocycles. The smallest absolute Gasteiger partial charge is 0.246 e. The molecule has 1 aliphatic rings. The van der Waals surface area contributed by atoms with Gasteiger partial charge in [0.05, 0.1) is 19.5 Å². The summed E-state index contributed by atoms with van der Waals surface area (Å²) in [5.74, 6) is -0.811. The van der Waals surface area contributed by atoms with Crippen LogP contribution in [0, 0.1) is 0 Å². The fraction of sp³-hybridized carbons (Fsp3) is 0.394. The molecule has 1 unspecified atom stereocenters. The fourth-order valence-corrected chi connectivity index (χ4v) is 6.45. The molecule has 0 aliphatic carbocycles. The topological polar surface area (TPSA) is 78.0 Å². The Balaban J connectivity index is 1.52. The summed E-state index contributed by atoms with van der Waals surface area (Å²) in [6.07, 6.45) is 2.46. The highest BCUT2D eigenvalue weighted by atomic mass is 35.5. The Kier molecular flexibility index (Phi) is 12.2. The lowest BCUT2D eigenvalue weighted by Gasteiger charge is -2.40. The molecule has 2 heterocycles. The summed E-state index contributed by atoms with van der Waals surface area (Å²) in [5.41, 5.74) is 1.87. The molecular weight excluding hydrogens is 605 g/mol. The minimum Gasteiger partial charge on any atom is -0.335 e. The van der Waals surface area contributed by atoms with Crippen LogP contribution in [-0.4, -0.2) is 77.0 Å². The van der Waals surface area contributed by atoms with Crippen LogP contribution >= 0.6 is 34.5 Å². The van der Waals surface area contributed by atoms with Gasteiger partial charge in [-0.15, -0.1) is 11.3 Å². The molecule has 43 heavy (non-hydrogen) atoms. The number of rotatable bonds is 15. The highest BCUT2D eigenvalue weighted by Crippen LogP contribution is 2.23. The summed E-state index contributed by atoms with van der Waals surface area (Å²) in [4.78, 5) is 59.6. The van der Waals surface area contributed by atoms with E-state index >= 15 is 0 Å². The Morgan fingerprint density at radius 3 is 2.47 bits per heavy atom. The molecule has 7 nitrogen and oxygen atoms in total. The van der Waals surface area contributed by atoms with E-state index < -0.39 is 6.04 Å². The Morgan fingerprint density at radius 1 is 0.977 bits per heavy atom. The summed E-state index contributed by atoms with van der Waals surface area (Å²) >= 11 is 14.0. The summed E-state index contributed by atoms with van der Waals surface area (Å²) in [6, 6.07) is 18.0. The van der Waals surface area contributed by atoms with E-state index in [1.54, 1.807) is 39.3 Å². The number of nitrogens with zero attached hydrogens (tertiary/aromatic N) is 3. The van der Waals surface area contributed by atoms with E-state index in [1.165, 1.54) is 4.90 Å². The van der Waals surface area contributed by atoms with Gasteiger partial charge in [-0.3, -0.25) is 19.2 Å². The van der Waals surface area contributed by atoms with E-state index in [0.29, 0.717) is 55.2 Å². The van der Waals surface area contributed by atoms with Crippen molar-refractivity contribution in [2.75, 3.05) is 32.7 Å². The zero-order chi connectivity index (χ0) is 30.8. The predicted octanol–water partition coefficient (Wildman–Crippen LogP) is 5.71. The zero-order valence-electron chi connectivity index (χ0n) is 24.3. The first-order chi connectivity index (χ1) is 20.7. The highest BCUT2D eigenvalue weighted by molar-refractivity contribution is 7.09. The van der Waals surface area contributed by atoms with Crippen LogP contribution in [0.15, 0.2) is 66.0 Å². The molecule has 3 amide bonds. The number of carbonyl (C=O) groups excluding carboxylic acids is 4. The first-order valence-electron chi connectivity index (χ1n) is 14.6. The molecular formula is C33H37Cl2N3O4S. The second kappa shape index (κ2) is 16.0. The number of hydrogen-bond donors (Lipinski definition) is 0. The molecule has 4 rings (SSSR count). The summed E-state index contributed by atoms with van der Waals surface area (Å²) in [6.45, 7) is 2.81. The van der Waals surface area contributed by atoms with Crippen LogP contribution in [0.3, 0.4) is 0 Å². The van der Waals surface area contributed by atoms with Gasteiger partial charge in [-0.05, 0) is 60.4 Å². The maximum atomic E-state index is 13.9. The molecule has 0 N–H and O–H groups in total. The normalized spacial score (nSPS) is 15.2. The van der Waals surface area contributed by atoms with Crippen molar-refractivity contribution in [2.45, 2.75) is 51.5 Å². The summed E-state index contributed by atoms with van der Waals surface area (Å²) in [5, 5.41) is 2.98. The van der Waals surface area contributed by atoms with Gasteiger partial charge in [-0.25, -0.2) is 0 Å². The van der Waals surface area contributed by atoms with Crippen molar-refractivity contribution >= 4 is 58.0 Å². The van der Waals surface area contributed by atoms with Crippen LogP contribution in [0.25, 0.3) is 0 Å². The molecule has 3 aromatic rings. The minimum atomic E-state index is -0.938. The second-order valence-corrected chi connectivity index (χ2v) is 12.6. The minimum absolute atomic E-state index is 0.0193. The predicted molar refractivity (Wildman–Crippen MR) is 172 cm³/mol. The van der Waals surface area contributed by atoms with E-state index in [9.17, 15) is 19.2 Å². The van der Waals surface area contributed by atoms with Gasteiger partial charge in [0.1, 0.15) is 6.04 Å². The van der Waals surface area contributed by atoms with E-state index in [-0.39, 0.29) is 49.6 Å². The summed E-state index contributed by atoms with van der Waals surface area (Å²) < 4.78 is 0. The second-order valence-electron chi connectivity index (χ2n) is 10.7. The third kappa shape index (κ3) is 9.39. The van der Waals surface area contributed by atoms with Crippen molar-refractivity contribution in [2.24, 2.45) is 0 Å². The maximum absolute atomic E-state index is 13.9. The molecule has 10 heteroatoms. The van der Waals surface area contributed by atoms with E-state index in [2.05, 4.69) is 0 Å². The van der Waals surface area contributed by atoms with Crippen LogP contribution in [0.1, 0.15) is 42.2 Å². The molecule has 0 saturated carbocycles. The number of thiophene rings is 1. The molecule has 228 valence electrons. The lowest BCUT2D eigenvalue weighted by atomic mass is 10.0. The van der Waals surface area contributed by atoms with Crippen LogP contribution in [-0.2, 0) is 38.4 Å². The summed E-state index contributed by atoms with van der Waals surface area (Å²) in [7, 11) is 0. The number of halogens is 2. The molecule has 1 atom stereocenters. The van der Waals surface area contributed by atoms with Crippen molar-refractivity contribution in [3.05, 3.63) is 92.1 Å². The van der Waals surface area contributed by atoms with Crippen LogP contribution < -0.4 is 0 Å². The van der Waals surface area contributed by atoms with Crippen LogP contribution in [0.4, 0.5) is 0 Å². The Labute approximate surface area is 267 Å². The Bertz CT molecular complexity index is 1400. The number of benzene rings is 2. The number of hydrogen-bond acceptors (Lipinski definition) is 5. The van der Waals surface area contributed by atoms with Gasteiger partial charge in [0, 0.05) is 41.0 Å². The molecule has 0 radical (unpaired) electrons. The van der Waals surface area contributed by atoms with Crippen molar-refractivity contribution < 1.29 is 19.2 Å². The van der Waals surface area contributed by atoms with Gasteiger partial charge in [0.15, 0.2) is 5.78 Å². The van der Waals surface area contributed by atoms with Gasteiger partial charge >= 0.3 is 0 Å². The van der Waals surface area contributed by atoms with Crippen molar-refractivity contribution in [1.82, 2.24) is 14.7 Å². The number of Topliss-reactive ketones (excluding diaryl/α,β-unsaturated/α-hetero) is 1. The average Bonchev–Trinajstić information content (AvgIpc) is 3.51. The molecule has 0 bridgehead atoms. The molecule has 0 spiro atoms. The SMILES string of the molecule is CCCC(=O)CN(CCc1ccc(Cl)cc1Cl)C(=O)CC1C(=O)N(CCc2ccccc2)CC(=O)N1CCc1cccs1. The Hall–Kier alpha value is -3.20. The van der Waals surface area contributed by atoms with E-state index in [4.69, 9.17) is 23.2 Å². The standard InChI is InChI=1S/C33H37Cl2N3O4S/c1-2-7-27(39)22-36(17-14-25-11-12-26(34)20-29(25)35)31(40)21-30-33(42)37(16-13-24-8-4-3-5-9-24)23-32(41)38(30)18-15-28-10-6-19-43-28/h3-6,8-12,19-20,30H,2,7,13-18,21-23H2,1H3. The van der Waals surface area contributed by atoms with Crippen molar-refractivity contribution in [3.63, 3.8) is 0 Å². The van der Waals surface area contributed by atoms with E-state index in [0.717, 1.165) is 16.0 Å². The van der Waals surface area contributed by atoms with E-state index in [1.807, 2.05) is 54.8 Å². The monoisotopic (exact) mass is 641 g/mol. The van der Waals surface area contributed by atoms with Gasteiger partial charge in [-0.1, -0.05) is 72.6 Å². The first kappa shape index (κ1) is 32.7. The first-order valence-corrected chi connectivity index (χ1v) is 16.3. The van der Waals surface area contributed by atoms with Gasteiger partial charge in [0.25, 0.3) is 0 Å². The lowest BCUT2D eigenvalue weighted by Crippen LogP contribution is -2.61. The molecule has 1 aliphatic heterocycles. The zero-order valence-corrected chi connectivity index (χ0v) is 26.7. The molecule has 1 fully saturated rings. The van der Waals surface area contributed by atoms with Gasteiger partial charge in [0.2, 0.25) is 17.7 Å². The third-order valence-electron chi connectivity index (χ3n) is 7.59. The van der Waals surface area contributed by atoms with Crippen LogP contribution in [0.2, 0.25) is 10.0 Å². The fourth-order valence-electron chi connectivity index (χ4n) is 5.25. The van der Waals surface area contributed by atoms with Gasteiger partial charge in [-0.2, -0.15) is 0 Å². The number of ketones is 1. The lowest BCUT2D eigenvalue weighted by molar-refractivity contribution is -0.158. The molecule has 1 aromatic heterocycles. The van der Waals surface area contributed by atoms with Gasteiger partial charge < -0.3 is 14.7 Å².